The van der Waals surface area contributed by atoms with Gasteiger partial charge >= 0.3 is 0 Å². The summed E-state index contributed by atoms with van der Waals surface area (Å²) < 4.78 is 10.5. The van der Waals surface area contributed by atoms with Crippen LogP contribution >= 0.6 is 0 Å². The van der Waals surface area contributed by atoms with Crippen molar-refractivity contribution in [3.63, 3.8) is 0 Å². The molecule has 72 valence electrons. The molecule has 0 bridgehead atoms. The van der Waals surface area contributed by atoms with E-state index in [9.17, 15) is 4.79 Å². The second kappa shape index (κ2) is 2.64. The zero-order valence-corrected chi connectivity index (χ0v) is 7.50. The van der Waals surface area contributed by atoms with Gasteiger partial charge in [0.05, 0.1) is 0 Å². The first-order chi connectivity index (χ1) is 6.84. The van der Waals surface area contributed by atoms with Crippen molar-refractivity contribution in [3.05, 3.63) is 34.8 Å². The molecular formula is C10H9NO3. The number of hydrogen-bond acceptors (Lipinski definition) is 3. The van der Waals surface area contributed by atoms with Gasteiger partial charge in [0.25, 0.3) is 5.91 Å². The zero-order chi connectivity index (χ0) is 9.54. The monoisotopic (exact) mass is 191 g/mol. The summed E-state index contributed by atoms with van der Waals surface area (Å²) in [7, 11) is 0. The molecule has 2 aliphatic heterocycles. The lowest BCUT2D eigenvalue weighted by molar-refractivity contribution is -0.117. The number of nitrogens with one attached hydrogen (secondary N) is 1. The molecule has 14 heavy (non-hydrogen) atoms. The van der Waals surface area contributed by atoms with Crippen LogP contribution in [0, 0.1) is 0 Å². The van der Waals surface area contributed by atoms with E-state index in [-0.39, 0.29) is 12.7 Å². The minimum Gasteiger partial charge on any atom is -0.458 e. The van der Waals surface area contributed by atoms with E-state index < -0.39 is 0 Å². The maximum atomic E-state index is 11.5. The predicted molar refractivity (Wildman–Crippen MR) is 47.9 cm³/mol. The van der Waals surface area contributed by atoms with Gasteiger partial charge in [-0.05, 0) is 11.6 Å². The van der Waals surface area contributed by atoms with Gasteiger partial charge in [0.1, 0.15) is 5.76 Å². The number of allylic oxidation sites excluding steroid dienone is 2. The van der Waals surface area contributed by atoms with E-state index in [0.29, 0.717) is 24.3 Å². The minimum absolute atomic E-state index is 0.0236. The Bertz CT molecular complexity index is 404. The Morgan fingerprint density at radius 3 is 3.21 bits per heavy atom. The highest BCUT2D eigenvalue weighted by Gasteiger charge is 2.28. The van der Waals surface area contributed by atoms with E-state index in [2.05, 4.69) is 5.32 Å². The average molecular weight is 191 g/mol. The molecule has 0 atom stereocenters. The molecule has 3 rings (SSSR count). The molecule has 1 N–H and O–H groups in total. The molecule has 0 aromatic rings. The molecule has 3 aliphatic rings. The molecule has 1 aliphatic carbocycles. The summed E-state index contributed by atoms with van der Waals surface area (Å²) in [6.45, 7) is 0.873. The van der Waals surface area contributed by atoms with E-state index in [0.717, 1.165) is 11.3 Å². The lowest BCUT2D eigenvalue weighted by atomic mass is 9.93. The molecule has 0 unspecified atom stereocenters. The van der Waals surface area contributed by atoms with Crippen LogP contribution in [0.15, 0.2) is 34.8 Å². The molecule has 0 radical (unpaired) electrons. The van der Waals surface area contributed by atoms with Crippen LogP contribution < -0.4 is 5.32 Å². The smallest absolute Gasteiger partial charge is 0.251 e. The normalized spacial score (nSPS) is 23.9. The summed E-state index contributed by atoms with van der Waals surface area (Å²) in [6, 6.07) is 0. The fraction of sp³-hybridized carbons (Fsp3) is 0.300. The highest BCUT2D eigenvalue weighted by molar-refractivity contribution is 6.00. The topological polar surface area (TPSA) is 47.6 Å². The Morgan fingerprint density at radius 2 is 2.29 bits per heavy atom. The molecule has 2 heterocycles. The average Bonchev–Trinajstić information content (AvgIpc) is 2.62. The molecule has 0 aromatic carbocycles. The molecule has 0 saturated carbocycles. The molecule has 4 nitrogen and oxygen atoms in total. The first-order valence-corrected chi connectivity index (χ1v) is 4.52. The van der Waals surface area contributed by atoms with Crippen molar-refractivity contribution in [1.29, 1.82) is 0 Å². The molecule has 0 saturated heterocycles. The molecule has 1 amide bonds. The van der Waals surface area contributed by atoms with Crippen molar-refractivity contribution < 1.29 is 14.3 Å². The Hall–Kier alpha value is -1.71. The van der Waals surface area contributed by atoms with Crippen molar-refractivity contribution >= 4 is 5.91 Å². The summed E-state index contributed by atoms with van der Waals surface area (Å²) in [4.78, 5) is 11.5. The third-order valence-electron chi connectivity index (χ3n) is 2.55. The Labute approximate surface area is 80.9 Å². The summed E-state index contributed by atoms with van der Waals surface area (Å²) in [6.07, 6.45) is 4.44. The summed E-state index contributed by atoms with van der Waals surface area (Å²) in [5.74, 6) is 1.52. The van der Waals surface area contributed by atoms with Gasteiger partial charge in [-0.25, -0.2) is 0 Å². The Morgan fingerprint density at radius 1 is 1.36 bits per heavy atom. The highest BCUT2D eigenvalue weighted by Crippen LogP contribution is 2.34. The van der Waals surface area contributed by atoms with Crippen LogP contribution in [-0.2, 0) is 14.3 Å². The van der Waals surface area contributed by atoms with E-state index in [4.69, 9.17) is 9.47 Å². The molecule has 0 aromatic heterocycles. The molecule has 0 spiro atoms. The van der Waals surface area contributed by atoms with Gasteiger partial charge in [0.15, 0.2) is 5.76 Å². The summed E-state index contributed by atoms with van der Waals surface area (Å²) >= 11 is 0. The number of carbonyl (C=O) groups is 1. The second-order valence-corrected chi connectivity index (χ2v) is 3.37. The summed E-state index contributed by atoms with van der Waals surface area (Å²) in [5, 5.41) is 2.76. The SMILES string of the molecule is O=C1NCC=C2CC3=C(C=C12)OCO3. The molecule has 4 heteroatoms. The number of hydrogen-bond donors (Lipinski definition) is 1. The predicted octanol–water partition coefficient (Wildman–Crippen LogP) is 0.589. The fourth-order valence-electron chi connectivity index (χ4n) is 1.82. The van der Waals surface area contributed by atoms with Gasteiger partial charge in [0.2, 0.25) is 6.79 Å². The van der Waals surface area contributed by atoms with Crippen LogP contribution in [0.25, 0.3) is 0 Å². The first kappa shape index (κ1) is 7.67. The zero-order valence-electron chi connectivity index (χ0n) is 7.50. The van der Waals surface area contributed by atoms with Gasteiger partial charge in [-0.3, -0.25) is 4.79 Å². The second-order valence-electron chi connectivity index (χ2n) is 3.37. The maximum Gasteiger partial charge on any atom is 0.251 e. The standard InChI is InChI=1S/C10H9NO3/c12-10-7-4-9-8(13-5-14-9)3-6(7)1-2-11-10/h1,4H,2-3,5H2,(H,11,12). The van der Waals surface area contributed by atoms with Crippen molar-refractivity contribution in [3.8, 4) is 0 Å². The van der Waals surface area contributed by atoms with Gasteiger partial charge < -0.3 is 14.8 Å². The van der Waals surface area contributed by atoms with Gasteiger partial charge in [-0.2, -0.15) is 0 Å². The van der Waals surface area contributed by atoms with Crippen LogP contribution in [0.5, 0.6) is 0 Å². The van der Waals surface area contributed by atoms with Crippen LogP contribution in [0.1, 0.15) is 6.42 Å². The fourth-order valence-corrected chi connectivity index (χ4v) is 1.82. The van der Waals surface area contributed by atoms with Crippen molar-refractivity contribution in [1.82, 2.24) is 5.32 Å². The van der Waals surface area contributed by atoms with E-state index in [1.807, 2.05) is 6.08 Å². The summed E-state index contributed by atoms with van der Waals surface area (Å²) in [5.41, 5.74) is 1.75. The largest absolute Gasteiger partial charge is 0.458 e. The maximum absolute atomic E-state index is 11.5. The van der Waals surface area contributed by atoms with E-state index >= 15 is 0 Å². The van der Waals surface area contributed by atoms with Crippen LogP contribution in [0.2, 0.25) is 0 Å². The van der Waals surface area contributed by atoms with Crippen LogP contribution in [0.4, 0.5) is 0 Å². The number of amides is 1. The minimum atomic E-state index is -0.0236. The van der Waals surface area contributed by atoms with Gasteiger partial charge in [-0.15, -0.1) is 0 Å². The quantitative estimate of drug-likeness (QED) is 0.609. The number of rotatable bonds is 0. The Kier molecular flexibility index (Phi) is 1.45. The molecule has 0 fully saturated rings. The third kappa shape index (κ3) is 0.968. The van der Waals surface area contributed by atoms with Gasteiger partial charge in [0, 0.05) is 18.5 Å². The van der Waals surface area contributed by atoms with E-state index in [1.54, 1.807) is 6.08 Å². The van der Waals surface area contributed by atoms with Crippen molar-refractivity contribution in [2.45, 2.75) is 6.42 Å². The lowest BCUT2D eigenvalue weighted by Crippen LogP contribution is -2.31. The van der Waals surface area contributed by atoms with E-state index in [1.165, 1.54) is 0 Å². The number of ether oxygens (including phenoxy) is 2. The Balaban J connectivity index is 2.07. The lowest BCUT2D eigenvalue weighted by Gasteiger charge is -2.20. The van der Waals surface area contributed by atoms with Crippen LogP contribution in [-0.4, -0.2) is 19.2 Å². The van der Waals surface area contributed by atoms with Crippen molar-refractivity contribution in [2.75, 3.05) is 13.3 Å². The number of carbonyl (C=O) groups excluding carboxylic acids is 1. The third-order valence-corrected chi connectivity index (χ3v) is 2.55. The van der Waals surface area contributed by atoms with Gasteiger partial charge in [-0.1, -0.05) is 6.08 Å². The first-order valence-electron chi connectivity index (χ1n) is 4.52. The molecular weight excluding hydrogens is 182 g/mol. The van der Waals surface area contributed by atoms with Crippen LogP contribution in [0.3, 0.4) is 0 Å². The van der Waals surface area contributed by atoms with Crippen molar-refractivity contribution in [2.24, 2.45) is 0 Å². The highest BCUT2D eigenvalue weighted by atomic mass is 16.7. The number of fused-ring (bicyclic) bond motifs is 1.